The lowest BCUT2D eigenvalue weighted by atomic mass is 10.2. The molecule has 0 spiro atoms. The van der Waals surface area contributed by atoms with Gasteiger partial charge < -0.3 is 0 Å². The van der Waals surface area contributed by atoms with Crippen LogP contribution in [0.5, 0.6) is 0 Å². The summed E-state index contributed by atoms with van der Waals surface area (Å²) in [6.07, 6.45) is -4.56. The summed E-state index contributed by atoms with van der Waals surface area (Å²) in [5.74, 6) is -1.00. The molecule has 0 radical (unpaired) electrons. The molecule has 10 heteroatoms. The summed E-state index contributed by atoms with van der Waals surface area (Å²) in [6.45, 7) is -0.736. The summed E-state index contributed by atoms with van der Waals surface area (Å²) >= 11 is 0. The molecule has 0 aromatic heterocycles. The van der Waals surface area contributed by atoms with E-state index < -0.39 is 39.1 Å². The molecule has 0 aliphatic heterocycles. The number of halogens is 3. The van der Waals surface area contributed by atoms with Crippen molar-refractivity contribution in [2.45, 2.75) is 11.1 Å². The predicted octanol–water partition coefficient (Wildman–Crippen LogP) is 0.489. The van der Waals surface area contributed by atoms with Gasteiger partial charge in [-0.25, -0.2) is 18.6 Å². The summed E-state index contributed by atoms with van der Waals surface area (Å²) < 4.78 is 61.7. The molecule has 1 amide bonds. The van der Waals surface area contributed by atoms with E-state index in [0.29, 0.717) is 12.1 Å². The number of carbonyl (C=O) groups is 1. The highest BCUT2D eigenvalue weighted by molar-refractivity contribution is 7.89. The molecule has 3 N–H and O–H groups in total. The van der Waals surface area contributed by atoms with Crippen LogP contribution >= 0.6 is 0 Å². The van der Waals surface area contributed by atoms with Crippen LogP contribution in [0.15, 0.2) is 29.2 Å². The van der Waals surface area contributed by atoms with Crippen LogP contribution in [0.3, 0.4) is 0 Å². The lowest BCUT2D eigenvalue weighted by molar-refractivity contribution is -0.137. The molecule has 6 nitrogen and oxygen atoms in total. The van der Waals surface area contributed by atoms with E-state index in [1.165, 1.54) is 5.48 Å². The van der Waals surface area contributed by atoms with Crippen LogP contribution in [0.25, 0.3) is 0 Å². The lowest BCUT2D eigenvalue weighted by Gasteiger charge is -2.08. The molecule has 0 fully saturated rings. The van der Waals surface area contributed by atoms with Crippen LogP contribution in [0.1, 0.15) is 5.56 Å². The van der Waals surface area contributed by atoms with Crippen molar-refractivity contribution in [1.29, 1.82) is 0 Å². The Hall–Kier alpha value is -1.65. The molecular formula is C9H9F3N2O4S. The number of nitrogens with one attached hydrogen (secondary N) is 2. The van der Waals surface area contributed by atoms with Gasteiger partial charge in [-0.1, -0.05) is 0 Å². The Morgan fingerprint density at radius 3 is 2.16 bits per heavy atom. The Bertz CT molecular complexity index is 554. The SMILES string of the molecule is O=C(CNS(=O)(=O)c1ccc(C(F)(F)F)cc1)NO. The number of hydrogen-bond acceptors (Lipinski definition) is 4. The number of carbonyl (C=O) groups excluding carboxylic acids is 1. The zero-order chi connectivity index (χ0) is 14.7. The number of benzene rings is 1. The summed E-state index contributed by atoms with van der Waals surface area (Å²) in [7, 11) is -4.12. The van der Waals surface area contributed by atoms with E-state index in [4.69, 9.17) is 5.21 Å². The maximum Gasteiger partial charge on any atom is 0.416 e. The monoisotopic (exact) mass is 298 g/mol. The first-order valence-corrected chi connectivity index (χ1v) is 6.25. The van der Waals surface area contributed by atoms with Gasteiger partial charge in [0.15, 0.2) is 0 Å². The fourth-order valence-electron chi connectivity index (χ4n) is 1.11. The molecule has 106 valence electrons. The molecule has 1 aromatic rings. The molecule has 1 rings (SSSR count). The van der Waals surface area contributed by atoms with Crippen LogP contribution in [0.4, 0.5) is 13.2 Å². The third-order valence-electron chi connectivity index (χ3n) is 2.04. The third-order valence-corrected chi connectivity index (χ3v) is 3.46. The van der Waals surface area contributed by atoms with E-state index in [2.05, 4.69) is 0 Å². The number of amides is 1. The van der Waals surface area contributed by atoms with Crippen molar-refractivity contribution in [3.8, 4) is 0 Å². The second-order valence-electron chi connectivity index (χ2n) is 3.38. The molecule has 0 saturated carbocycles. The van der Waals surface area contributed by atoms with Crippen molar-refractivity contribution in [1.82, 2.24) is 10.2 Å². The van der Waals surface area contributed by atoms with Gasteiger partial charge in [0, 0.05) is 0 Å². The minimum Gasteiger partial charge on any atom is -0.289 e. The molecule has 0 heterocycles. The fourth-order valence-corrected chi connectivity index (χ4v) is 2.09. The average Bonchev–Trinajstić information content (AvgIpc) is 2.35. The van der Waals surface area contributed by atoms with Crippen molar-refractivity contribution in [3.05, 3.63) is 29.8 Å². The van der Waals surface area contributed by atoms with Gasteiger partial charge in [-0.05, 0) is 24.3 Å². The Labute approximate surface area is 106 Å². The van der Waals surface area contributed by atoms with E-state index in [1.54, 1.807) is 4.72 Å². The van der Waals surface area contributed by atoms with Gasteiger partial charge in [0.2, 0.25) is 10.0 Å². The Kier molecular flexibility index (Phi) is 4.50. The molecule has 0 aliphatic rings. The number of sulfonamides is 1. The molecule has 0 atom stereocenters. The number of alkyl halides is 3. The van der Waals surface area contributed by atoms with Crippen LogP contribution in [0.2, 0.25) is 0 Å². The minimum atomic E-state index is -4.56. The van der Waals surface area contributed by atoms with Gasteiger partial charge >= 0.3 is 6.18 Å². The average molecular weight is 298 g/mol. The van der Waals surface area contributed by atoms with Crippen molar-refractivity contribution in [2.24, 2.45) is 0 Å². The number of hydrogen-bond donors (Lipinski definition) is 3. The van der Waals surface area contributed by atoms with Gasteiger partial charge in [0.05, 0.1) is 17.0 Å². The molecule has 1 aromatic carbocycles. The van der Waals surface area contributed by atoms with Crippen molar-refractivity contribution in [2.75, 3.05) is 6.54 Å². The van der Waals surface area contributed by atoms with Gasteiger partial charge in [-0.15, -0.1) is 0 Å². The van der Waals surface area contributed by atoms with Crippen molar-refractivity contribution in [3.63, 3.8) is 0 Å². The molecule has 0 aliphatic carbocycles. The van der Waals surface area contributed by atoms with E-state index in [0.717, 1.165) is 12.1 Å². The zero-order valence-electron chi connectivity index (χ0n) is 9.23. The highest BCUT2D eigenvalue weighted by Crippen LogP contribution is 2.29. The fraction of sp³-hybridized carbons (Fsp3) is 0.222. The maximum absolute atomic E-state index is 12.3. The van der Waals surface area contributed by atoms with Crippen LogP contribution < -0.4 is 10.2 Å². The summed E-state index contributed by atoms with van der Waals surface area (Å²) in [5.41, 5.74) is 0.217. The predicted molar refractivity (Wildman–Crippen MR) is 56.6 cm³/mol. The van der Waals surface area contributed by atoms with Crippen LogP contribution in [-0.4, -0.2) is 26.1 Å². The van der Waals surface area contributed by atoms with Gasteiger partial charge in [0.25, 0.3) is 5.91 Å². The number of rotatable bonds is 4. The molecule has 0 unspecified atom stereocenters. The quantitative estimate of drug-likeness (QED) is 0.557. The molecule has 0 saturated heterocycles. The van der Waals surface area contributed by atoms with Gasteiger partial charge in [-0.2, -0.15) is 13.2 Å². The topological polar surface area (TPSA) is 95.5 Å². The zero-order valence-corrected chi connectivity index (χ0v) is 10.0. The normalized spacial score (nSPS) is 12.2. The lowest BCUT2D eigenvalue weighted by Crippen LogP contribution is -2.35. The summed E-state index contributed by atoms with van der Waals surface area (Å²) in [5, 5.41) is 8.17. The summed E-state index contributed by atoms with van der Waals surface area (Å²) in [4.78, 5) is 10.2. The van der Waals surface area contributed by atoms with E-state index in [9.17, 15) is 26.4 Å². The Morgan fingerprint density at radius 1 is 1.21 bits per heavy atom. The van der Waals surface area contributed by atoms with Gasteiger partial charge in [-0.3, -0.25) is 10.0 Å². The summed E-state index contributed by atoms with van der Waals surface area (Å²) in [6, 6.07) is 2.76. The van der Waals surface area contributed by atoms with E-state index in [-0.39, 0.29) is 0 Å². The van der Waals surface area contributed by atoms with Crippen LogP contribution in [0, 0.1) is 0 Å². The second-order valence-corrected chi connectivity index (χ2v) is 5.15. The number of hydroxylamine groups is 1. The minimum absolute atomic E-state index is 0.425. The largest absolute Gasteiger partial charge is 0.416 e. The first-order valence-electron chi connectivity index (χ1n) is 4.76. The Balaban J connectivity index is 2.88. The second kappa shape index (κ2) is 5.55. The standard InChI is InChI=1S/C9H9F3N2O4S/c10-9(11,12)6-1-3-7(4-2-6)19(17,18)13-5-8(15)14-16/h1-4,13,16H,5H2,(H,14,15). The molecule has 0 bridgehead atoms. The van der Waals surface area contributed by atoms with Crippen molar-refractivity contribution >= 4 is 15.9 Å². The smallest absolute Gasteiger partial charge is 0.289 e. The first-order chi connectivity index (χ1) is 8.66. The van der Waals surface area contributed by atoms with Crippen LogP contribution in [-0.2, 0) is 21.0 Å². The highest BCUT2D eigenvalue weighted by Gasteiger charge is 2.30. The highest BCUT2D eigenvalue weighted by atomic mass is 32.2. The Morgan fingerprint density at radius 2 is 1.74 bits per heavy atom. The maximum atomic E-state index is 12.3. The van der Waals surface area contributed by atoms with Crippen molar-refractivity contribution < 1.29 is 31.6 Å². The first kappa shape index (κ1) is 15.4. The van der Waals surface area contributed by atoms with E-state index in [1.807, 2.05) is 0 Å². The third kappa shape index (κ3) is 4.19. The molecular weight excluding hydrogens is 289 g/mol. The van der Waals surface area contributed by atoms with Gasteiger partial charge in [0.1, 0.15) is 0 Å². The van der Waals surface area contributed by atoms with E-state index >= 15 is 0 Å². The molecule has 19 heavy (non-hydrogen) atoms.